The van der Waals surface area contributed by atoms with Gasteiger partial charge in [-0.3, -0.25) is 29.5 Å². The number of epoxide rings is 1. The normalized spacial score (nSPS) is 26.2. The van der Waals surface area contributed by atoms with E-state index >= 15 is 4.39 Å². The molecule has 0 saturated carbocycles. The van der Waals surface area contributed by atoms with Gasteiger partial charge in [-0.25, -0.2) is 4.39 Å². The summed E-state index contributed by atoms with van der Waals surface area (Å²) in [5.41, 5.74) is 5.03. The molecule has 4 aromatic rings. The number of hydrogen-bond donors (Lipinski definition) is 1. The maximum absolute atomic E-state index is 16.2. The maximum Gasteiger partial charge on any atom is 0.234 e. The van der Waals surface area contributed by atoms with Crippen LogP contribution < -0.4 is 5.32 Å². The summed E-state index contributed by atoms with van der Waals surface area (Å²) in [5.74, 6) is -1.49. The van der Waals surface area contributed by atoms with Crippen molar-refractivity contribution in [2.45, 2.75) is 56.8 Å². The summed E-state index contributed by atoms with van der Waals surface area (Å²) in [4.78, 5) is 30.8. The number of halogens is 1. The number of amides is 2. The van der Waals surface area contributed by atoms with Crippen molar-refractivity contribution in [2.75, 3.05) is 13.1 Å². The Morgan fingerprint density at radius 2 is 1.98 bits per heavy atom. The van der Waals surface area contributed by atoms with Crippen molar-refractivity contribution in [2.24, 2.45) is 7.05 Å². The molecule has 3 saturated heterocycles. The van der Waals surface area contributed by atoms with E-state index in [-0.39, 0.29) is 24.1 Å². The molecule has 3 unspecified atom stereocenters. The number of likely N-dealkylation sites (tertiary alicyclic amines) is 1. The zero-order chi connectivity index (χ0) is 28.5. The highest BCUT2D eigenvalue weighted by molar-refractivity contribution is 6.01. The van der Waals surface area contributed by atoms with Crippen LogP contribution in [0.5, 0.6) is 0 Å². The van der Waals surface area contributed by atoms with Gasteiger partial charge in [-0.2, -0.15) is 5.10 Å². The van der Waals surface area contributed by atoms with Crippen LogP contribution in [-0.4, -0.2) is 50.2 Å². The molecule has 0 aliphatic carbocycles. The number of carbonyl (C=O) groups excluding carboxylic acids is 2. The fraction of sp³-hybridized carbons (Fsp3) is 0.375. The van der Waals surface area contributed by atoms with Crippen LogP contribution >= 0.6 is 0 Å². The minimum absolute atomic E-state index is 0.261. The molecule has 2 aromatic heterocycles. The van der Waals surface area contributed by atoms with Crippen molar-refractivity contribution >= 4 is 22.7 Å². The van der Waals surface area contributed by atoms with Gasteiger partial charge in [0.15, 0.2) is 0 Å². The molecule has 210 valence electrons. The first-order valence-electron chi connectivity index (χ1n) is 14.1. The first-order valence-corrected chi connectivity index (χ1v) is 14.1. The van der Waals surface area contributed by atoms with Gasteiger partial charge in [0, 0.05) is 62.0 Å². The number of aromatic nitrogens is 3. The molecule has 0 bridgehead atoms. The molecule has 3 fully saturated rings. The van der Waals surface area contributed by atoms with Crippen LogP contribution in [0.4, 0.5) is 4.39 Å². The number of benzene rings is 2. The smallest absolute Gasteiger partial charge is 0.234 e. The quantitative estimate of drug-likeness (QED) is 0.289. The van der Waals surface area contributed by atoms with E-state index in [9.17, 15) is 9.59 Å². The van der Waals surface area contributed by atoms with Crippen molar-refractivity contribution in [3.05, 3.63) is 83.1 Å². The number of carbonyl (C=O) groups is 2. The van der Waals surface area contributed by atoms with E-state index in [4.69, 9.17) is 4.74 Å². The third-order valence-electron chi connectivity index (χ3n) is 9.10. The van der Waals surface area contributed by atoms with Crippen LogP contribution in [0.2, 0.25) is 0 Å². The molecule has 7 rings (SSSR count). The molecule has 8 nitrogen and oxygen atoms in total. The molecule has 3 aliphatic heterocycles. The lowest BCUT2D eigenvalue weighted by molar-refractivity contribution is -0.134. The molecule has 3 atom stereocenters. The van der Waals surface area contributed by atoms with Gasteiger partial charge in [0.25, 0.3) is 0 Å². The Kier molecular flexibility index (Phi) is 5.89. The average Bonchev–Trinajstić information content (AvgIpc) is 3.43. The Morgan fingerprint density at radius 3 is 2.68 bits per heavy atom. The molecule has 5 heterocycles. The highest BCUT2D eigenvalue weighted by Crippen LogP contribution is 2.61. The number of hydrogen-bond acceptors (Lipinski definition) is 6. The minimum Gasteiger partial charge on any atom is -0.356 e. The second kappa shape index (κ2) is 9.29. The van der Waals surface area contributed by atoms with E-state index in [1.54, 1.807) is 18.3 Å². The third kappa shape index (κ3) is 4.26. The summed E-state index contributed by atoms with van der Waals surface area (Å²) in [5, 5.41) is 7.20. The molecule has 2 aromatic carbocycles. The molecular weight excluding hydrogens is 521 g/mol. The maximum atomic E-state index is 16.2. The van der Waals surface area contributed by atoms with Crippen LogP contribution in [-0.2, 0) is 33.5 Å². The Morgan fingerprint density at radius 1 is 1.17 bits per heavy atom. The monoisotopic (exact) mass is 553 g/mol. The van der Waals surface area contributed by atoms with Crippen molar-refractivity contribution in [1.82, 2.24) is 25.0 Å². The number of imide groups is 1. The van der Waals surface area contributed by atoms with E-state index in [2.05, 4.69) is 51.5 Å². The lowest BCUT2D eigenvalue weighted by Gasteiger charge is -2.33. The van der Waals surface area contributed by atoms with Gasteiger partial charge >= 0.3 is 0 Å². The van der Waals surface area contributed by atoms with Crippen molar-refractivity contribution < 1.29 is 18.7 Å². The molecular formula is C32H32FN5O3. The zero-order valence-corrected chi connectivity index (χ0v) is 23.4. The summed E-state index contributed by atoms with van der Waals surface area (Å²) in [6.07, 6.45) is 4.99. The number of piperidine rings is 2. The van der Waals surface area contributed by atoms with Crippen LogP contribution in [0.15, 0.2) is 54.9 Å². The summed E-state index contributed by atoms with van der Waals surface area (Å²) in [6.45, 7) is 6.36. The van der Waals surface area contributed by atoms with Gasteiger partial charge in [0.2, 0.25) is 11.8 Å². The van der Waals surface area contributed by atoms with Crippen molar-refractivity contribution in [1.29, 1.82) is 0 Å². The lowest BCUT2D eigenvalue weighted by atomic mass is 9.80. The fourth-order valence-electron chi connectivity index (χ4n) is 6.89. The van der Waals surface area contributed by atoms with E-state index in [0.717, 1.165) is 29.9 Å². The van der Waals surface area contributed by atoms with Crippen molar-refractivity contribution in [3.63, 3.8) is 0 Å². The first-order chi connectivity index (χ1) is 19.7. The Bertz CT molecular complexity index is 1720. The van der Waals surface area contributed by atoms with Crippen LogP contribution in [0, 0.1) is 12.7 Å². The number of ether oxygens (including phenoxy) is 1. The third-order valence-corrected chi connectivity index (χ3v) is 9.10. The molecule has 41 heavy (non-hydrogen) atoms. The predicted octanol–water partition coefficient (Wildman–Crippen LogP) is 4.49. The van der Waals surface area contributed by atoms with E-state index in [0.29, 0.717) is 41.4 Å². The first kappa shape index (κ1) is 26.0. The standard InChI is InChI=1S/C32H32FN5O3/c1-19-25(17-37(3)36-19)21-6-4-20(5-7-21)16-38-13-12-32(31(2,18-38)41-32)26-9-10-27-24(29(26)33)14-22(15-34-27)23-8-11-28(39)35-30(23)40/h4-7,9-10,14-15,17,23H,8,11-13,16,18H2,1-3H3,(H,35,39,40). The van der Waals surface area contributed by atoms with E-state index in [1.165, 1.54) is 5.56 Å². The topological polar surface area (TPSA) is 92.7 Å². The van der Waals surface area contributed by atoms with Crippen molar-refractivity contribution in [3.8, 4) is 11.1 Å². The summed E-state index contributed by atoms with van der Waals surface area (Å²) < 4.78 is 24.4. The number of rotatable bonds is 5. The second-order valence-electron chi connectivity index (χ2n) is 11.9. The molecule has 3 aliphatic rings. The number of pyridine rings is 1. The largest absolute Gasteiger partial charge is 0.356 e. The highest BCUT2D eigenvalue weighted by Gasteiger charge is 2.70. The van der Waals surface area contributed by atoms with Crippen LogP contribution in [0.25, 0.3) is 22.0 Å². The van der Waals surface area contributed by atoms with Crippen LogP contribution in [0.3, 0.4) is 0 Å². The Balaban J connectivity index is 1.09. The summed E-state index contributed by atoms with van der Waals surface area (Å²) >= 11 is 0. The van der Waals surface area contributed by atoms with Gasteiger partial charge in [0.1, 0.15) is 17.0 Å². The predicted molar refractivity (Wildman–Crippen MR) is 151 cm³/mol. The van der Waals surface area contributed by atoms with E-state index < -0.39 is 17.1 Å². The van der Waals surface area contributed by atoms with Gasteiger partial charge in [-0.05, 0) is 55.5 Å². The molecule has 0 spiro atoms. The van der Waals surface area contributed by atoms with Gasteiger partial charge in [-0.15, -0.1) is 0 Å². The second-order valence-corrected chi connectivity index (χ2v) is 11.9. The zero-order valence-electron chi connectivity index (χ0n) is 23.4. The Labute approximate surface area is 237 Å². The summed E-state index contributed by atoms with van der Waals surface area (Å²) in [6, 6.07) is 14.0. The number of nitrogens with one attached hydrogen (secondary N) is 1. The molecule has 9 heteroatoms. The lowest BCUT2D eigenvalue weighted by Crippen LogP contribution is -2.44. The number of fused-ring (bicyclic) bond motifs is 2. The Hall–Kier alpha value is -3.95. The average molecular weight is 554 g/mol. The molecule has 1 N–H and O–H groups in total. The molecule has 2 amide bonds. The van der Waals surface area contributed by atoms with E-state index in [1.807, 2.05) is 30.9 Å². The summed E-state index contributed by atoms with van der Waals surface area (Å²) in [7, 11) is 1.93. The molecule has 0 radical (unpaired) electrons. The van der Waals surface area contributed by atoms with Crippen LogP contribution in [0.1, 0.15) is 54.5 Å². The minimum atomic E-state index is -0.686. The number of nitrogens with zero attached hydrogens (tertiary/aromatic N) is 4. The SMILES string of the molecule is Cc1nn(C)cc1-c1ccc(CN2CCC3(c4ccc5ncc(C6CCC(=O)NC6=O)cc5c4F)OC3(C)C2)cc1. The van der Waals surface area contributed by atoms with Gasteiger partial charge in [-0.1, -0.05) is 30.3 Å². The van der Waals surface area contributed by atoms with Gasteiger partial charge < -0.3 is 4.74 Å². The highest BCUT2D eigenvalue weighted by atomic mass is 19.1. The number of aryl methyl sites for hydroxylation is 2. The fourth-order valence-corrected chi connectivity index (χ4v) is 6.89. The van der Waals surface area contributed by atoms with Gasteiger partial charge in [0.05, 0.1) is 17.1 Å².